The summed E-state index contributed by atoms with van der Waals surface area (Å²) in [6.07, 6.45) is 1.28. The van der Waals surface area contributed by atoms with Crippen LogP contribution in [-0.4, -0.2) is 19.4 Å². The number of aromatic nitrogens is 1. The number of pyridine rings is 1. The van der Waals surface area contributed by atoms with Gasteiger partial charge in [0.2, 0.25) is 5.88 Å². The van der Waals surface area contributed by atoms with Gasteiger partial charge in [-0.05, 0) is 6.92 Å². The molecule has 0 aliphatic heterocycles. The molecule has 0 atom stereocenters. The van der Waals surface area contributed by atoms with E-state index in [9.17, 15) is 8.78 Å². The third kappa shape index (κ3) is 2.18. The van der Waals surface area contributed by atoms with Gasteiger partial charge >= 0.3 is 6.61 Å². The second kappa shape index (κ2) is 3.52. The lowest BCUT2D eigenvalue weighted by atomic mass is 9.94. The van der Waals surface area contributed by atoms with Crippen molar-refractivity contribution in [2.24, 2.45) is 0 Å². The van der Waals surface area contributed by atoms with Crippen molar-refractivity contribution >= 4 is 13.3 Å². The monoisotopic (exact) mass is 169 g/mol. The van der Waals surface area contributed by atoms with Crippen molar-refractivity contribution in [2.75, 3.05) is 0 Å². The van der Waals surface area contributed by atoms with Crippen molar-refractivity contribution in [3.63, 3.8) is 0 Å². The van der Waals surface area contributed by atoms with Crippen LogP contribution >= 0.6 is 0 Å². The first-order chi connectivity index (χ1) is 5.59. The minimum atomic E-state index is -2.85. The average Bonchev–Trinajstić information content (AvgIpc) is 1.96. The van der Waals surface area contributed by atoms with Crippen LogP contribution in [0.2, 0.25) is 0 Å². The SMILES string of the molecule is [B]c1cnc(OC(F)F)cc1C. The fraction of sp³-hybridized carbons (Fsp3) is 0.286. The Bertz CT molecular complexity index is 280. The van der Waals surface area contributed by atoms with E-state index in [-0.39, 0.29) is 5.88 Å². The Labute approximate surface area is 70.0 Å². The molecule has 0 saturated carbocycles. The summed E-state index contributed by atoms with van der Waals surface area (Å²) in [4.78, 5) is 3.55. The Kier molecular flexibility index (Phi) is 2.63. The molecule has 0 unspecified atom stereocenters. The van der Waals surface area contributed by atoms with E-state index < -0.39 is 6.61 Å². The van der Waals surface area contributed by atoms with Crippen molar-refractivity contribution in [2.45, 2.75) is 13.5 Å². The normalized spacial score (nSPS) is 10.3. The molecule has 0 fully saturated rings. The molecular formula is C7H6BF2NO. The lowest BCUT2D eigenvalue weighted by molar-refractivity contribution is -0.0528. The van der Waals surface area contributed by atoms with Crippen LogP contribution in [0.15, 0.2) is 12.3 Å². The zero-order chi connectivity index (χ0) is 9.14. The minimum absolute atomic E-state index is 0.114. The van der Waals surface area contributed by atoms with Gasteiger partial charge in [0.1, 0.15) is 7.85 Å². The van der Waals surface area contributed by atoms with Crippen LogP contribution in [0.25, 0.3) is 0 Å². The molecule has 62 valence electrons. The van der Waals surface area contributed by atoms with Crippen molar-refractivity contribution in [1.82, 2.24) is 4.98 Å². The van der Waals surface area contributed by atoms with E-state index in [0.29, 0.717) is 11.0 Å². The summed E-state index contributed by atoms with van der Waals surface area (Å²) in [6, 6.07) is 1.36. The predicted molar refractivity (Wildman–Crippen MR) is 41.0 cm³/mol. The molecule has 2 radical (unpaired) electrons. The maximum atomic E-state index is 11.7. The van der Waals surface area contributed by atoms with Gasteiger partial charge in [0.05, 0.1) is 0 Å². The molecule has 12 heavy (non-hydrogen) atoms. The van der Waals surface area contributed by atoms with E-state index in [4.69, 9.17) is 7.85 Å². The second-order valence-electron chi connectivity index (χ2n) is 2.26. The number of rotatable bonds is 2. The van der Waals surface area contributed by atoms with Gasteiger partial charge in [-0.2, -0.15) is 8.78 Å². The lowest BCUT2D eigenvalue weighted by Crippen LogP contribution is -2.10. The van der Waals surface area contributed by atoms with E-state index in [1.54, 1.807) is 6.92 Å². The highest BCUT2D eigenvalue weighted by atomic mass is 19.3. The van der Waals surface area contributed by atoms with Crippen molar-refractivity contribution in [3.05, 3.63) is 17.8 Å². The second-order valence-corrected chi connectivity index (χ2v) is 2.26. The van der Waals surface area contributed by atoms with Gasteiger partial charge < -0.3 is 4.74 Å². The van der Waals surface area contributed by atoms with Crippen LogP contribution < -0.4 is 10.2 Å². The molecule has 0 bridgehead atoms. The number of hydrogen-bond donors (Lipinski definition) is 0. The molecule has 1 aromatic rings. The molecule has 0 amide bonds. The minimum Gasteiger partial charge on any atom is -0.417 e. The van der Waals surface area contributed by atoms with E-state index in [1.165, 1.54) is 12.3 Å². The highest BCUT2D eigenvalue weighted by Crippen LogP contribution is 2.09. The fourth-order valence-corrected chi connectivity index (χ4v) is 0.697. The molecule has 0 spiro atoms. The van der Waals surface area contributed by atoms with E-state index in [0.717, 1.165) is 0 Å². The molecule has 0 aromatic carbocycles. The maximum absolute atomic E-state index is 11.7. The molecule has 0 aliphatic rings. The number of hydrogen-bond acceptors (Lipinski definition) is 2. The molecule has 1 rings (SSSR count). The van der Waals surface area contributed by atoms with Gasteiger partial charge in [0, 0.05) is 12.3 Å². The highest BCUT2D eigenvalue weighted by molar-refractivity contribution is 6.33. The lowest BCUT2D eigenvalue weighted by Gasteiger charge is -2.05. The first kappa shape index (κ1) is 8.97. The molecule has 2 nitrogen and oxygen atoms in total. The topological polar surface area (TPSA) is 22.1 Å². The first-order valence-electron chi connectivity index (χ1n) is 3.26. The largest absolute Gasteiger partial charge is 0.417 e. The van der Waals surface area contributed by atoms with Crippen LogP contribution in [0.1, 0.15) is 5.56 Å². The first-order valence-corrected chi connectivity index (χ1v) is 3.26. The van der Waals surface area contributed by atoms with Gasteiger partial charge in [-0.25, -0.2) is 4.98 Å². The Morgan fingerprint density at radius 2 is 2.25 bits per heavy atom. The van der Waals surface area contributed by atoms with Crippen molar-refractivity contribution in [1.29, 1.82) is 0 Å². The Hall–Kier alpha value is -1.13. The predicted octanol–water partition coefficient (Wildman–Crippen LogP) is 0.785. The van der Waals surface area contributed by atoms with Gasteiger partial charge in [0.25, 0.3) is 0 Å². The number of alkyl halides is 2. The van der Waals surface area contributed by atoms with Crippen LogP contribution in [0.4, 0.5) is 8.78 Å². The number of ether oxygens (including phenoxy) is 1. The molecule has 0 aliphatic carbocycles. The van der Waals surface area contributed by atoms with Gasteiger partial charge in [-0.3, -0.25) is 0 Å². The Balaban J connectivity index is 2.82. The summed E-state index contributed by atoms with van der Waals surface area (Å²) in [5.41, 5.74) is 1.12. The Morgan fingerprint density at radius 3 is 2.75 bits per heavy atom. The number of nitrogens with zero attached hydrogens (tertiary/aromatic N) is 1. The summed E-state index contributed by atoms with van der Waals surface area (Å²) in [7, 11) is 5.41. The zero-order valence-corrected chi connectivity index (χ0v) is 6.42. The van der Waals surface area contributed by atoms with Crippen LogP contribution in [0.3, 0.4) is 0 Å². The molecule has 0 saturated heterocycles. The zero-order valence-electron chi connectivity index (χ0n) is 6.42. The summed E-state index contributed by atoms with van der Waals surface area (Å²) >= 11 is 0. The quantitative estimate of drug-likeness (QED) is 0.610. The number of aryl methyl sites for hydroxylation is 1. The van der Waals surface area contributed by atoms with Crippen molar-refractivity contribution < 1.29 is 13.5 Å². The number of halogens is 2. The van der Waals surface area contributed by atoms with E-state index in [1.807, 2.05) is 0 Å². The third-order valence-corrected chi connectivity index (χ3v) is 1.34. The summed E-state index contributed by atoms with van der Waals surface area (Å²) in [5.74, 6) is -0.114. The maximum Gasteiger partial charge on any atom is 0.388 e. The standard InChI is InChI=1S/C7H6BF2NO/c1-4-2-6(12-7(9)10)11-3-5(4)8/h2-3,7H,1H3. The molecule has 1 aromatic heterocycles. The molecule has 1 heterocycles. The van der Waals surface area contributed by atoms with Gasteiger partial charge in [-0.15, -0.1) is 0 Å². The van der Waals surface area contributed by atoms with Crippen LogP contribution in [0, 0.1) is 6.92 Å². The molecular weight excluding hydrogens is 163 g/mol. The van der Waals surface area contributed by atoms with Gasteiger partial charge in [-0.1, -0.05) is 11.0 Å². The Morgan fingerprint density at radius 1 is 1.58 bits per heavy atom. The average molecular weight is 169 g/mol. The summed E-state index contributed by atoms with van der Waals surface area (Å²) in [5, 5.41) is 0. The smallest absolute Gasteiger partial charge is 0.388 e. The van der Waals surface area contributed by atoms with Crippen molar-refractivity contribution in [3.8, 4) is 5.88 Å². The van der Waals surface area contributed by atoms with E-state index >= 15 is 0 Å². The molecule has 5 heteroatoms. The highest BCUT2D eigenvalue weighted by Gasteiger charge is 2.05. The third-order valence-electron chi connectivity index (χ3n) is 1.34. The van der Waals surface area contributed by atoms with E-state index in [2.05, 4.69) is 9.72 Å². The molecule has 0 N–H and O–H groups in total. The summed E-state index contributed by atoms with van der Waals surface area (Å²) in [6.45, 7) is -1.16. The fourth-order valence-electron chi connectivity index (χ4n) is 0.697. The summed E-state index contributed by atoms with van der Waals surface area (Å²) < 4.78 is 27.4. The van der Waals surface area contributed by atoms with Gasteiger partial charge in [0.15, 0.2) is 0 Å². The van der Waals surface area contributed by atoms with Crippen LogP contribution in [-0.2, 0) is 0 Å². The van der Waals surface area contributed by atoms with Crippen LogP contribution in [0.5, 0.6) is 5.88 Å².